The molecule has 0 bridgehead atoms. The molecule has 0 radical (unpaired) electrons. The van der Waals surface area contributed by atoms with E-state index in [4.69, 9.17) is 0 Å². The molecular formula is C18H20N4O5S2. The summed E-state index contributed by atoms with van der Waals surface area (Å²) >= 11 is 0. The molecule has 0 unspecified atom stereocenters. The van der Waals surface area contributed by atoms with Gasteiger partial charge in [-0.2, -0.15) is 8.61 Å². The summed E-state index contributed by atoms with van der Waals surface area (Å²) in [6, 6.07) is 9.90. The summed E-state index contributed by atoms with van der Waals surface area (Å²) in [4.78, 5) is 0.259. The summed E-state index contributed by atoms with van der Waals surface area (Å²) < 4.78 is 59.5. The van der Waals surface area contributed by atoms with Crippen molar-refractivity contribution in [2.24, 2.45) is 0 Å². The van der Waals surface area contributed by atoms with Crippen LogP contribution in [0.15, 0.2) is 50.8 Å². The zero-order chi connectivity index (χ0) is 20.8. The number of aryl methyl sites for hydroxylation is 2. The van der Waals surface area contributed by atoms with Crippen LogP contribution in [0.1, 0.15) is 11.1 Å². The van der Waals surface area contributed by atoms with Crippen LogP contribution in [0.3, 0.4) is 0 Å². The molecule has 29 heavy (non-hydrogen) atoms. The standard InChI is InChI=1S/C18H20N4O5S2/c1-13-6-7-14(2)17(12-13)29(25,26)22-10-8-21(9-11-22)28(23,24)16-5-3-4-15-18(16)20-27-19-15/h3-7,12H,8-11H2,1-2H3. The molecule has 2 heterocycles. The Morgan fingerprint density at radius 3 is 2.10 bits per heavy atom. The van der Waals surface area contributed by atoms with Gasteiger partial charge >= 0.3 is 0 Å². The van der Waals surface area contributed by atoms with E-state index in [0.717, 1.165) is 5.56 Å². The average molecular weight is 437 g/mol. The van der Waals surface area contributed by atoms with Crippen LogP contribution in [-0.2, 0) is 20.0 Å². The minimum atomic E-state index is -3.86. The van der Waals surface area contributed by atoms with Crippen molar-refractivity contribution in [3.05, 3.63) is 47.5 Å². The van der Waals surface area contributed by atoms with Crippen LogP contribution in [0.2, 0.25) is 0 Å². The predicted molar refractivity (Wildman–Crippen MR) is 105 cm³/mol. The van der Waals surface area contributed by atoms with Gasteiger partial charge in [-0.3, -0.25) is 0 Å². The van der Waals surface area contributed by atoms with Gasteiger partial charge in [-0.05, 0) is 53.5 Å². The molecule has 3 aromatic rings. The van der Waals surface area contributed by atoms with Crippen molar-refractivity contribution in [2.45, 2.75) is 23.6 Å². The van der Waals surface area contributed by atoms with Crippen molar-refractivity contribution in [2.75, 3.05) is 26.2 Å². The maximum absolute atomic E-state index is 13.1. The van der Waals surface area contributed by atoms with Crippen molar-refractivity contribution in [3.8, 4) is 0 Å². The molecule has 0 amide bonds. The highest BCUT2D eigenvalue weighted by molar-refractivity contribution is 7.89. The SMILES string of the molecule is Cc1ccc(C)c(S(=O)(=O)N2CCN(S(=O)(=O)c3cccc4nonc34)CC2)c1. The third-order valence-corrected chi connectivity index (χ3v) is 9.00. The molecule has 1 fully saturated rings. The highest BCUT2D eigenvalue weighted by atomic mass is 32.2. The molecule has 154 valence electrons. The number of hydrogen-bond acceptors (Lipinski definition) is 7. The molecule has 0 saturated carbocycles. The van der Waals surface area contributed by atoms with E-state index in [0.29, 0.717) is 11.1 Å². The van der Waals surface area contributed by atoms with Crippen LogP contribution in [0.4, 0.5) is 0 Å². The van der Waals surface area contributed by atoms with E-state index in [-0.39, 0.29) is 41.5 Å². The average Bonchev–Trinajstić information content (AvgIpc) is 3.18. The molecular weight excluding hydrogens is 416 g/mol. The first-order valence-electron chi connectivity index (χ1n) is 9.00. The van der Waals surface area contributed by atoms with Crippen LogP contribution in [0.5, 0.6) is 0 Å². The van der Waals surface area contributed by atoms with Crippen LogP contribution < -0.4 is 0 Å². The number of fused-ring (bicyclic) bond motifs is 1. The van der Waals surface area contributed by atoms with E-state index in [1.165, 1.54) is 14.7 Å². The fourth-order valence-electron chi connectivity index (χ4n) is 3.40. The second-order valence-corrected chi connectivity index (χ2v) is 10.8. The van der Waals surface area contributed by atoms with E-state index >= 15 is 0 Å². The van der Waals surface area contributed by atoms with Gasteiger partial charge in [-0.1, -0.05) is 18.2 Å². The molecule has 0 spiro atoms. The van der Waals surface area contributed by atoms with Crippen LogP contribution in [0, 0.1) is 13.8 Å². The van der Waals surface area contributed by atoms with Crippen LogP contribution in [0.25, 0.3) is 11.0 Å². The first-order chi connectivity index (χ1) is 13.7. The molecule has 0 N–H and O–H groups in total. The Hall–Kier alpha value is -2.34. The second-order valence-electron chi connectivity index (χ2n) is 6.97. The Morgan fingerprint density at radius 1 is 0.828 bits per heavy atom. The van der Waals surface area contributed by atoms with Gasteiger partial charge in [0, 0.05) is 26.2 Å². The van der Waals surface area contributed by atoms with Gasteiger partial charge in [0.05, 0.1) is 4.90 Å². The van der Waals surface area contributed by atoms with Crippen LogP contribution in [-0.4, -0.2) is 61.9 Å². The minimum absolute atomic E-state index is 0.00193. The molecule has 1 aliphatic heterocycles. The summed E-state index contributed by atoms with van der Waals surface area (Å²) in [5.41, 5.74) is 2.03. The maximum Gasteiger partial charge on any atom is 0.245 e. The van der Waals surface area contributed by atoms with Crippen molar-refractivity contribution in [1.29, 1.82) is 0 Å². The summed E-state index contributed by atoms with van der Waals surface area (Å²) in [7, 11) is -7.56. The van der Waals surface area contributed by atoms with Gasteiger partial charge in [0.25, 0.3) is 0 Å². The smallest absolute Gasteiger partial charge is 0.243 e. The Bertz CT molecular complexity index is 1280. The van der Waals surface area contributed by atoms with Gasteiger partial charge in [0.1, 0.15) is 10.4 Å². The first kappa shape index (κ1) is 20.0. The monoisotopic (exact) mass is 436 g/mol. The van der Waals surface area contributed by atoms with E-state index in [1.807, 2.05) is 13.0 Å². The quantitative estimate of drug-likeness (QED) is 0.609. The van der Waals surface area contributed by atoms with Crippen molar-refractivity contribution < 1.29 is 21.5 Å². The maximum atomic E-state index is 13.1. The van der Waals surface area contributed by atoms with Crippen molar-refractivity contribution >= 4 is 31.1 Å². The summed E-state index contributed by atoms with van der Waals surface area (Å²) in [6.07, 6.45) is 0. The molecule has 0 atom stereocenters. The summed E-state index contributed by atoms with van der Waals surface area (Å²) in [6.45, 7) is 3.83. The Kier molecular flexibility index (Phi) is 4.93. The number of piperazine rings is 1. The largest absolute Gasteiger partial charge is 0.245 e. The van der Waals surface area contributed by atoms with Crippen molar-refractivity contribution in [3.63, 3.8) is 0 Å². The molecule has 4 rings (SSSR count). The van der Waals surface area contributed by atoms with Gasteiger partial charge < -0.3 is 0 Å². The van der Waals surface area contributed by atoms with E-state index < -0.39 is 20.0 Å². The molecule has 1 aliphatic rings. The van der Waals surface area contributed by atoms with Crippen LogP contribution >= 0.6 is 0 Å². The van der Waals surface area contributed by atoms with Gasteiger partial charge in [0.2, 0.25) is 20.0 Å². The Labute approximate surface area is 169 Å². The van der Waals surface area contributed by atoms with Gasteiger partial charge in [-0.15, -0.1) is 0 Å². The molecule has 1 saturated heterocycles. The highest BCUT2D eigenvalue weighted by Crippen LogP contribution is 2.26. The number of nitrogens with zero attached hydrogens (tertiary/aromatic N) is 4. The zero-order valence-electron chi connectivity index (χ0n) is 15.9. The van der Waals surface area contributed by atoms with E-state index in [2.05, 4.69) is 14.9 Å². The number of hydrogen-bond donors (Lipinski definition) is 0. The normalized spacial score (nSPS) is 17.0. The van der Waals surface area contributed by atoms with Gasteiger partial charge in [0.15, 0.2) is 5.52 Å². The van der Waals surface area contributed by atoms with E-state index in [9.17, 15) is 16.8 Å². The molecule has 1 aromatic heterocycles. The van der Waals surface area contributed by atoms with Crippen molar-refractivity contribution in [1.82, 2.24) is 18.9 Å². The third-order valence-electron chi connectivity index (χ3n) is 5.03. The number of aromatic nitrogens is 2. The molecule has 9 nitrogen and oxygen atoms in total. The summed E-state index contributed by atoms with van der Waals surface area (Å²) in [5, 5.41) is 7.37. The minimum Gasteiger partial charge on any atom is -0.243 e. The number of rotatable bonds is 4. The number of benzene rings is 2. The Morgan fingerprint density at radius 2 is 1.45 bits per heavy atom. The lowest BCUT2D eigenvalue weighted by molar-refractivity contribution is 0.272. The number of sulfonamides is 2. The topological polar surface area (TPSA) is 114 Å². The predicted octanol–water partition coefficient (Wildman–Crippen LogP) is 1.53. The molecule has 0 aliphatic carbocycles. The molecule has 11 heteroatoms. The van der Waals surface area contributed by atoms with E-state index in [1.54, 1.807) is 31.2 Å². The molecule has 2 aromatic carbocycles. The first-order valence-corrected chi connectivity index (χ1v) is 11.9. The third kappa shape index (κ3) is 3.44. The Balaban J connectivity index is 1.58. The lowest BCUT2D eigenvalue weighted by atomic mass is 10.2. The fraction of sp³-hybridized carbons (Fsp3) is 0.333. The van der Waals surface area contributed by atoms with Gasteiger partial charge in [-0.25, -0.2) is 21.5 Å². The fourth-order valence-corrected chi connectivity index (χ4v) is 6.69. The zero-order valence-corrected chi connectivity index (χ0v) is 17.6. The lowest BCUT2D eigenvalue weighted by Crippen LogP contribution is -2.50. The second kappa shape index (κ2) is 7.17. The lowest BCUT2D eigenvalue weighted by Gasteiger charge is -2.33. The highest BCUT2D eigenvalue weighted by Gasteiger charge is 2.35. The summed E-state index contributed by atoms with van der Waals surface area (Å²) in [5.74, 6) is 0.